The highest BCUT2D eigenvalue weighted by Crippen LogP contribution is 2.27. The zero-order chi connectivity index (χ0) is 14.0. The highest BCUT2D eigenvalue weighted by Gasteiger charge is 2.18. The number of hydrogen-bond acceptors (Lipinski definition) is 1. The van der Waals surface area contributed by atoms with E-state index in [0.717, 1.165) is 17.9 Å². The van der Waals surface area contributed by atoms with Gasteiger partial charge in [-0.1, -0.05) is 57.5 Å². The van der Waals surface area contributed by atoms with Crippen molar-refractivity contribution < 1.29 is 4.42 Å². The molecule has 0 bridgehead atoms. The molecule has 1 aromatic carbocycles. The monoisotopic (exact) mass is 256 g/mol. The first kappa shape index (κ1) is 13.9. The minimum Gasteiger partial charge on any atom is -0.466 e. The Morgan fingerprint density at radius 2 is 1.63 bits per heavy atom. The molecule has 0 aliphatic heterocycles. The first-order valence-corrected chi connectivity index (χ1v) is 7.02. The van der Waals surface area contributed by atoms with Gasteiger partial charge in [0.1, 0.15) is 11.5 Å². The second-order valence-corrected chi connectivity index (χ2v) is 6.53. The summed E-state index contributed by atoms with van der Waals surface area (Å²) in [7, 11) is 0. The predicted molar refractivity (Wildman–Crippen MR) is 80.7 cm³/mol. The van der Waals surface area contributed by atoms with E-state index in [1.165, 1.54) is 11.1 Å². The Morgan fingerprint density at radius 1 is 1.00 bits per heavy atom. The molecule has 2 aromatic rings. The first-order valence-electron chi connectivity index (χ1n) is 7.02. The summed E-state index contributed by atoms with van der Waals surface area (Å²) in [5.41, 5.74) is 2.77. The van der Waals surface area contributed by atoms with Crippen molar-refractivity contribution in [3.63, 3.8) is 0 Å². The van der Waals surface area contributed by atoms with E-state index in [9.17, 15) is 0 Å². The molecule has 0 saturated carbocycles. The van der Waals surface area contributed by atoms with Crippen LogP contribution in [0, 0.1) is 6.92 Å². The first-order chi connectivity index (χ1) is 8.86. The fraction of sp³-hybridized carbons (Fsp3) is 0.444. The van der Waals surface area contributed by atoms with Gasteiger partial charge >= 0.3 is 0 Å². The lowest BCUT2D eigenvalue weighted by Crippen LogP contribution is -2.09. The average Bonchev–Trinajstić information content (AvgIpc) is 2.78. The Hall–Kier alpha value is -1.50. The van der Waals surface area contributed by atoms with Gasteiger partial charge < -0.3 is 4.42 Å². The van der Waals surface area contributed by atoms with Gasteiger partial charge in [0.2, 0.25) is 0 Å². The molecule has 0 N–H and O–H groups in total. The van der Waals surface area contributed by atoms with E-state index < -0.39 is 0 Å². The topological polar surface area (TPSA) is 13.1 Å². The molecule has 1 heterocycles. The van der Waals surface area contributed by atoms with Gasteiger partial charge in [-0.3, -0.25) is 0 Å². The molecule has 1 nitrogen and oxygen atoms in total. The standard InChI is InChI=1S/C18H24O/c1-13-6-8-15(9-7-13)14(2)12-16-10-11-17(19-16)18(3,4)5/h6-11,14H,12H2,1-5H3. The maximum atomic E-state index is 5.96. The zero-order valence-corrected chi connectivity index (χ0v) is 12.7. The van der Waals surface area contributed by atoms with Crippen LogP contribution < -0.4 is 0 Å². The van der Waals surface area contributed by atoms with Crippen LogP contribution in [0.5, 0.6) is 0 Å². The predicted octanol–water partition coefficient (Wildman–Crippen LogP) is 5.23. The average molecular weight is 256 g/mol. The third-order valence-electron chi connectivity index (χ3n) is 3.55. The molecule has 0 aliphatic carbocycles. The molecule has 102 valence electrons. The summed E-state index contributed by atoms with van der Waals surface area (Å²) in [5, 5.41) is 0. The number of aryl methyl sites for hydroxylation is 1. The maximum Gasteiger partial charge on any atom is 0.109 e. The van der Waals surface area contributed by atoms with E-state index in [2.05, 4.69) is 71.0 Å². The van der Waals surface area contributed by atoms with Crippen LogP contribution in [0.3, 0.4) is 0 Å². The van der Waals surface area contributed by atoms with Crippen LogP contribution in [0.25, 0.3) is 0 Å². The van der Waals surface area contributed by atoms with Crippen LogP contribution >= 0.6 is 0 Å². The third kappa shape index (κ3) is 3.50. The van der Waals surface area contributed by atoms with E-state index in [1.54, 1.807) is 0 Å². The van der Waals surface area contributed by atoms with E-state index in [1.807, 2.05) is 0 Å². The third-order valence-corrected chi connectivity index (χ3v) is 3.55. The molecule has 0 saturated heterocycles. The number of benzene rings is 1. The number of hydrogen-bond donors (Lipinski definition) is 0. The van der Waals surface area contributed by atoms with Crippen LogP contribution in [0.2, 0.25) is 0 Å². The summed E-state index contributed by atoms with van der Waals surface area (Å²) >= 11 is 0. The van der Waals surface area contributed by atoms with Gasteiger partial charge in [0.15, 0.2) is 0 Å². The molecule has 0 fully saturated rings. The summed E-state index contributed by atoms with van der Waals surface area (Å²) in [6.45, 7) is 10.9. The molecule has 1 aromatic heterocycles. The SMILES string of the molecule is Cc1ccc(C(C)Cc2ccc(C(C)(C)C)o2)cc1. The lowest BCUT2D eigenvalue weighted by Gasteiger charge is -2.15. The van der Waals surface area contributed by atoms with E-state index in [0.29, 0.717) is 5.92 Å². The summed E-state index contributed by atoms with van der Waals surface area (Å²) in [4.78, 5) is 0. The van der Waals surface area contributed by atoms with Gasteiger partial charge in [0.25, 0.3) is 0 Å². The van der Waals surface area contributed by atoms with Crippen LogP contribution in [-0.4, -0.2) is 0 Å². The van der Waals surface area contributed by atoms with Crippen LogP contribution in [-0.2, 0) is 11.8 Å². The minimum atomic E-state index is 0.0886. The second-order valence-electron chi connectivity index (χ2n) is 6.53. The van der Waals surface area contributed by atoms with Gasteiger partial charge in [-0.2, -0.15) is 0 Å². The zero-order valence-electron chi connectivity index (χ0n) is 12.7. The highest BCUT2D eigenvalue weighted by molar-refractivity contribution is 5.25. The van der Waals surface area contributed by atoms with Crippen molar-refractivity contribution in [3.05, 3.63) is 59.0 Å². The van der Waals surface area contributed by atoms with Crippen molar-refractivity contribution >= 4 is 0 Å². The van der Waals surface area contributed by atoms with E-state index in [4.69, 9.17) is 4.42 Å². The summed E-state index contributed by atoms with van der Waals surface area (Å²) < 4.78 is 5.96. The number of rotatable bonds is 3. The van der Waals surface area contributed by atoms with Crippen molar-refractivity contribution in [2.75, 3.05) is 0 Å². The molecular formula is C18H24O. The highest BCUT2D eigenvalue weighted by atomic mass is 16.3. The molecule has 1 atom stereocenters. The molecule has 19 heavy (non-hydrogen) atoms. The normalized spacial score (nSPS) is 13.5. The molecule has 2 rings (SSSR count). The summed E-state index contributed by atoms with van der Waals surface area (Å²) in [6, 6.07) is 13.0. The Morgan fingerprint density at radius 3 is 2.16 bits per heavy atom. The van der Waals surface area contributed by atoms with Gasteiger partial charge in [-0.25, -0.2) is 0 Å². The van der Waals surface area contributed by atoms with Gasteiger partial charge in [-0.15, -0.1) is 0 Å². The number of furan rings is 1. The van der Waals surface area contributed by atoms with Crippen molar-refractivity contribution in [1.29, 1.82) is 0 Å². The molecule has 0 aliphatic rings. The molecular weight excluding hydrogens is 232 g/mol. The Bertz CT molecular complexity index is 526. The van der Waals surface area contributed by atoms with Gasteiger partial charge in [0, 0.05) is 11.8 Å². The van der Waals surface area contributed by atoms with Crippen LogP contribution in [0.1, 0.15) is 56.3 Å². The Kier molecular flexibility index (Phi) is 3.84. The fourth-order valence-corrected chi connectivity index (χ4v) is 2.21. The largest absolute Gasteiger partial charge is 0.466 e. The summed E-state index contributed by atoms with van der Waals surface area (Å²) in [6.07, 6.45) is 0.957. The van der Waals surface area contributed by atoms with Crippen molar-refractivity contribution in [2.45, 2.75) is 52.4 Å². The minimum absolute atomic E-state index is 0.0886. The molecule has 0 spiro atoms. The quantitative estimate of drug-likeness (QED) is 0.732. The lowest BCUT2D eigenvalue weighted by molar-refractivity contribution is 0.381. The fourth-order valence-electron chi connectivity index (χ4n) is 2.21. The summed E-state index contributed by atoms with van der Waals surface area (Å²) in [5.74, 6) is 2.64. The van der Waals surface area contributed by atoms with Crippen molar-refractivity contribution in [2.24, 2.45) is 0 Å². The molecule has 0 radical (unpaired) electrons. The Labute approximate surface area is 116 Å². The smallest absolute Gasteiger partial charge is 0.109 e. The van der Waals surface area contributed by atoms with Gasteiger partial charge in [0.05, 0.1) is 0 Å². The molecule has 1 unspecified atom stereocenters. The maximum absolute atomic E-state index is 5.96. The molecule has 1 heteroatoms. The van der Waals surface area contributed by atoms with Crippen molar-refractivity contribution in [1.82, 2.24) is 0 Å². The Balaban J connectivity index is 2.08. The van der Waals surface area contributed by atoms with Crippen molar-refractivity contribution in [3.8, 4) is 0 Å². The lowest BCUT2D eigenvalue weighted by atomic mass is 9.94. The van der Waals surface area contributed by atoms with Crippen LogP contribution in [0.15, 0.2) is 40.8 Å². The molecule has 0 amide bonds. The van der Waals surface area contributed by atoms with E-state index in [-0.39, 0.29) is 5.41 Å². The van der Waals surface area contributed by atoms with Crippen LogP contribution in [0.4, 0.5) is 0 Å². The van der Waals surface area contributed by atoms with Gasteiger partial charge in [-0.05, 0) is 30.5 Å². The van der Waals surface area contributed by atoms with E-state index >= 15 is 0 Å². The second kappa shape index (κ2) is 5.24.